The fraction of sp³-hybridized carbons (Fsp3) is 0.483. The molecule has 0 aliphatic heterocycles. The molecule has 1 rings (SSSR count). The second-order valence-electron chi connectivity index (χ2n) is 9.79. The molecule has 1 aromatic heterocycles. The maximum absolute atomic E-state index is 13.1. The van der Waals surface area contributed by atoms with Crippen LogP contribution in [0.4, 0.5) is 0 Å². The summed E-state index contributed by atoms with van der Waals surface area (Å²) in [6.45, 7) is 21.7. The molecule has 0 unspecified atom stereocenters. The van der Waals surface area contributed by atoms with E-state index in [1.165, 1.54) is 25.2 Å². The van der Waals surface area contributed by atoms with Crippen LogP contribution in [-0.2, 0) is 14.3 Å². The van der Waals surface area contributed by atoms with Gasteiger partial charge in [-0.15, -0.1) is 17.9 Å². The molecule has 4 atom stereocenters. The van der Waals surface area contributed by atoms with Crippen molar-refractivity contribution in [2.45, 2.75) is 79.1 Å². The number of aromatic nitrogens is 1. The molecule has 0 bridgehead atoms. The zero-order valence-electron chi connectivity index (χ0n) is 22.4. The van der Waals surface area contributed by atoms with Crippen LogP contribution in [0.15, 0.2) is 60.1 Å². The van der Waals surface area contributed by atoms with E-state index < -0.39 is 35.5 Å². The Bertz CT molecular complexity index is 1020. The third kappa shape index (κ3) is 9.12. The van der Waals surface area contributed by atoms with Crippen molar-refractivity contribution < 1.29 is 24.5 Å². The van der Waals surface area contributed by atoms with E-state index in [9.17, 15) is 19.8 Å². The van der Waals surface area contributed by atoms with E-state index in [1.54, 1.807) is 19.1 Å². The molecule has 6 nitrogen and oxygen atoms in total. The van der Waals surface area contributed by atoms with Crippen LogP contribution in [0.25, 0.3) is 6.08 Å². The highest BCUT2D eigenvalue weighted by molar-refractivity contribution is 7.09. The number of allylic oxidation sites excluding steroid dienone is 3. The number of ether oxygens (including phenoxy) is 1. The number of nitrogens with zero attached hydrogens (tertiary/aromatic N) is 1. The first-order valence-electron chi connectivity index (χ1n) is 12.0. The van der Waals surface area contributed by atoms with Gasteiger partial charge in [-0.2, -0.15) is 0 Å². The van der Waals surface area contributed by atoms with Crippen molar-refractivity contribution in [3.63, 3.8) is 0 Å². The van der Waals surface area contributed by atoms with E-state index in [1.807, 2.05) is 38.3 Å². The van der Waals surface area contributed by atoms with Gasteiger partial charge in [-0.25, -0.2) is 4.98 Å². The predicted molar refractivity (Wildman–Crippen MR) is 147 cm³/mol. The summed E-state index contributed by atoms with van der Waals surface area (Å²) in [6.07, 6.45) is 4.77. The number of aliphatic hydroxyl groups excluding tert-OH is 2. The quantitative estimate of drug-likeness (QED) is 0.133. The molecule has 36 heavy (non-hydrogen) atoms. The SMILES string of the molecule is C=CC[C@H](C)[C@H](O)C(=C)C(=O)C(C)(C)[C@@H](O)CC(=O)O[C@@H](C/C=C(/C)C=C)/C(C)=C/c1csc(C)n1. The molecule has 0 amide bonds. The Balaban J connectivity index is 2.99. The maximum atomic E-state index is 13.1. The molecular formula is C29H41NO5S. The molecule has 7 heteroatoms. The van der Waals surface area contributed by atoms with E-state index in [0.29, 0.717) is 12.8 Å². The Morgan fingerprint density at radius 1 is 1.22 bits per heavy atom. The lowest BCUT2D eigenvalue weighted by Crippen LogP contribution is -2.42. The first kappa shape index (κ1) is 31.4. The Morgan fingerprint density at radius 2 is 1.86 bits per heavy atom. The van der Waals surface area contributed by atoms with Gasteiger partial charge >= 0.3 is 5.97 Å². The minimum absolute atomic E-state index is 0.00187. The van der Waals surface area contributed by atoms with Crippen molar-refractivity contribution in [1.29, 1.82) is 0 Å². The smallest absolute Gasteiger partial charge is 0.309 e. The van der Waals surface area contributed by atoms with E-state index >= 15 is 0 Å². The Hall–Kier alpha value is -2.61. The Labute approximate surface area is 219 Å². The van der Waals surface area contributed by atoms with Crippen LogP contribution in [0.1, 0.15) is 64.6 Å². The summed E-state index contributed by atoms with van der Waals surface area (Å²) >= 11 is 1.53. The third-order valence-corrected chi connectivity index (χ3v) is 7.07. The first-order valence-corrected chi connectivity index (χ1v) is 12.9. The number of aryl methyl sites for hydroxylation is 1. The third-order valence-electron chi connectivity index (χ3n) is 6.27. The number of rotatable bonds is 15. The van der Waals surface area contributed by atoms with Gasteiger partial charge in [-0.3, -0.25) is 9.59 Å². The van der Waals surface area contributed by atoms with Crippen molar-refractivity contribution >= 4 is 29.2 Å². The molecule has 1 heterocycles. The number of esters is 1. The molecule has 198 valence electrons. The van der Waals surface area contributed by atoms with Gasteiger partial charge in [0, 0.05) is 17.4 Å². The van der Waals surface area contributed by atoms with Gasteiger partial charge in [0.1, 0.15) is 6.10 Å². The van der Waals surface area contributed by atoms with Gasteiger partial charge in [0.25, 0.3) is 0 Å². The highest BCUT2D eigenvalue weighted by Crippen LogP contribution is 2.31. The average molecular weight is 516 g/mol. The minimum Gasteiger partial charge on any atom is -0.457 e. The number of Topliss-reactive ketones (excluding diaryl/α,β-unsaturated/α-hetero) is 1. The van der Waals surface area contributed by atoms with Gasteiger partial charge in [-0.05, 0) is 44.8 Å². The molecule has 0 radical (unpaired) electrons. The first-order chi connectivity index (χ1) is 16.7. The standard InChI is InChI=1S/C29H41NO5S/c1-10-12-19(4)27(33)21(6)28(34)29(8,9)25(31)16-26(32)35-24(14-13-18(3)11-2)20(5)15-23-17-36-22(7)30-23/h10-11,13,15,17,19,24-25,27,31,33H,1-2,6,12,14,16H2,3-5,7-9H3/b18-13-,20-15+/t19-,24-,25-,27-/m0/s1. The van der Waals surface area contributed by atoms with Crippen molar-refractivity contribution in [3.05, 3.63) is 70.8 Å². The van der Waals surface area contributed by atoms with Crippen molar-refractivity contribution in [2.75, 3.05) is 0 Å². The molecule has 0 aliphatic rings. The molecular weight excluding hydrogens is 474 g/mol. The van der Waals surface area contributed by atoms with Crippen molar-refractivity contribution in [1.82, 2.24) is 4.98 Å². The van der Waals surface area contributed by atoms with Crippen molar-refractivity contribution in [3.8, 4) is 0 Å². The van der Waals surface area contributed by atoms with Crippen LogP contribution in [-0.4, -0.2) is 45.3 Å². The van der Waals surface area contributed by atoms with Gasteiger partial charge in [0.15, 0.2) is 5.78 Å². The molecule has 0 aromatic carbocycles. The Kier molecular flexibility index (Phi) is 12.4. The maximum Gasteiger partial charge on any atom is 0.309 e. The van der Waals surface area contributed by atoms with Crippen LogP contribution in [0.2, 0.25) is 0 Å². The van der Waals surface area contributed by atoms with Crippen LogP contribution >= 0.6 is 11.3 Å². The molecule has 0 fully saturated rings. The zero-order valence-corrected chi connectivity index (χ0v) is 23.2. The summed E-state index contributed by atoms with van der Waals surface area (Å²) < 4.78 is 5.75. The molecule has 0 spiro atoms. The van der Waals surface area contributed by atoms with E-state index in [-0.39, 0.29) is 17.9 Å². The summed E-state index contributed by atoms with van der Waals surface area (Å²) in [5.74, 6) is -1.38. The molecule has 1 aromatic rings. The summed E-state index contributed by atoms with van der Waals surface area (Å²) in [7, 11) is 0. The lowest BCUT2D eigenvalue weighted by Gasteiger charge is -2.31. The molecule has 0 saturated heterocycles. The number of carbonyl (C=O) groups is 2. The number of hydrogen-bond donors (Lipinski definition) is 2. The number of thiazole rings is 1. The molecule has 0 saturated carbocycles. The van der Waals surface area contributed by atoms with Crippen LogP contribution in [0, 0.1) is 18.3 Å². The fourth-order valence-corrected chi connectivity index (χ4v) is 4.10. The lowest BCUT2D eigenvalue weighted by molar-refractivity contribution is -0.152. The van der Waals surface area contributed by atoms with Crippen LogP contribution in [0.5, 0.6) is 0 Å². The van der Waals surface area contributed by atoms with Crippen LogP contribution in [0.3, 0.4) is 0 Å². The summed E-state index contributed by atoms with van der Waals surface area (Å²) in [4.78, 5) is 30.3. The minimum atomic E-state index is -1.34. The topological polar surface area (TPSA) is 96.7 Å². The number of carbonyl (C=O) groups excluding carboxylic acids is 2. The number of aliphatic hydroxyl groups is 2. The Morgan fingerprint density at radius 3 is 2.39 bits per heavy atom. The lowest BCUT2D eigenvalue weighted by atomic mass is 9.75. The van der Waals surface area contributed by atoms with Gasteiger partial charge in [-0.1, -0.05) is 57.7 Å². The number of hydrogen-bond acceptors (Lipinski definition) is 7. The summed E-state index contributed by atoms with van der Waals surface area (Å²) in [6, 6.07) is 0. The fourth-order valence-electron chi connectivity index (χ4n) is 3.53. The monoisotopic (exact) mass is 515 g/mol. The zero-order chi connectivity index (χ0) is 27.6. The van der Waals surface area contributed by atoms with Crippen LogP contribution < -0.4 is 0 Å². The molecule has 0 aliphatic carbocycles. The normalized spacial score (nSPS) is 16.0. The number of ketones is 1. The molecule has 2 N–H and O–H groups in total. The van der Waals surface area contributed by atoms with Gasteiger partial charge in [0.05, 0.1) is 34.7 Å². The predicted octanol–water partition coefficient (Wildman–Crippen LogP) is 5.76. The average Bonchev–Trinajstić information content (AvgIpc) is 3.23. The van der Waals surface area contributed by atoms with Gasteiger partial charge in [0.2, 0.25) is 0 Å². The summed E-state index contributed by atoms with van der Waals surface area (Å²) in [5, 5.41) is 24.2. The van der Waals surface area contributed by atoms with E-state index in [4.69, 9.17) is 4.74 Å². The second-order valence-corrected chi connectivity index (χ2v) is 10.9. The van der Waals surface area contributed by atoms with Crippen molar-refractivity contribution in [2.24, 2.45) is 11.3 Å². The van der Waals surface area contributed by atoms with E-state index in [0.717, 1.165) is 21.8 Å². The summed E-state index contributed by atoms with van der Waals surface area (Å²) in [5.41, 5.74) is 1.20. The highest BCUT2D eigenvalue weighted by Gasteiger charge is 2.40. The largest absolute Gasteiger partial charge is 0.457 e. The second kappa shape index (κ2) is 14.2. The van der Waals surface area contributed by atoms with E-state index in [2.05, 4.69) is 24.7 Å². The highest BCUT2D eigenvalue weighted by atomic mass is 32.1. The van der Waals surface area contributed by atoms with Gasteiger partial charge < -0.3 is 14.9 Å².